The van der Waals surface area contributed by atoms with Gasteiger partial charge >= 0.3 is 0 Å². The summed E-state index contributed by atoms with van der Waals surface area (Å²) in [5, 5.41) is 17.3. The van der Waals surface area contributed by atoms with Gasteiger partial charge in [-0.2, -0.15) is 0 Å². The summed E-state index contributed by atoms with van der Waals surface area (Å²) >= 11 is 1.49. The van der Waals surface area contributed by atoms with Crippen LogP contribution in [0.3, 0.4) is 0 Å². The zero-order valence-corrected chi connectivity index (χ0v) is 24.9. The van der Waals surface area contributed by atoms with Crippen molar-refractivity contribution in [3.63, 3.8) is 0 Å². The maximum absolute atomic E-state index is 13.8. The SMILES string of the molecule is CCc1ccc(C(=O)NC(Cc2ccccc2)C(O)C(=O)N2CSC(C)(C)C2C(=O)NCc2ccccc2C)cc1. The van der Waals surface area contributed by atoms with Crippen LogP contribution in [0, 0.1) is 6.92 Å². The minimum atomic E-state index is -1.55. The summed E-state index contributed by atoms with van der Waals surface area (Å²) in [5.41, 5.74) is 4.50. The molecule has 3 aromatic rings. The van der Waals surface area contributed by atoms with Gasteiger partial charge in [0.25, 0.3) is 11.8 Å². The Bertz CT molecular complexity index is 1360. The fraction of sp³-hybridized carbons (Fsp3) is 0.364. The Morgan fingerprint density at radius 1 is 0.976 bits per heavy atom. The zero-order valence-electron chi connectivity index (χ0n) is 24.1. The second-order valence-electron chi connectivity index (χ2n) is 11.0. The summed E-state index contributed by atoms with van der Waals surface area (Å²) in [7, 11) is 0. The van der Waals surface area contributed by atoms with Crippen LogP contribution in [-0.2, 0) is 29.0 Å². The van der Waals surface area contributed by atoms with Gasteiger partial charge in [0, 0.05) is 16.9 Å². The fourth-order valence-electron chi connectivity index (χ4n) is 5.10. The minimum absolute atomic E-state index is 0.251. The molecule has 1 fully saturated rings. The van der Waals surface area contributed by atoms with Crippen LogP contribution in [0.15, 0.2) is 78.9 Å². The molecule has 41 heavy (non-hydrogen) atoms. The van der Waals surface area contributed by atoms with Crippen molar-refractivity contribution < 1.29 is 19.5 Å². The van der Waals surface area contributed by atoms with E-state index in [9.17, 15) is 19.5 Å². The van der Waals surface area contributed by atoms with Crippen LogP contribution in [-0.4, -0.2) is 56.5 Å². The second kappa shape index (κ2) is 13.4. The normalized spacial score (nSPS) is 17.5. The summed E-state index contributed by atoms with van der Waals surface area (Å²) < 4.78 is -0.565. The van der Waals surface area contributed by atoms with Crippen molar-refractivity contribution in [2.75, 3.05) is 5.88 Å². The van der Waals surface area contributed by atoms with Gasteiger partial charge in [0.05, 0.1) is 11.9 Å². The molecule has 0 radical (unpaired) electrons. The van der Waals surface area contributed by atoms with Crippen molar-refractivity contribution in [3.8, 4) is 0 Å². The van der Waals surface area contributed by atoms with Gasteiger partial charge < -0.3 is 20.6 Å². The largest absolute Gasteiger partial charge is 0.381 e. The average molecular weight is 574 g/mol. The van der Waals surface area contributed by atoms with E-state index < -0.39 is 28.8 Å². The monoisotopic (exact) mass is 573 g/mol. The van der Waals surface area contributed by atoms with Crippen LogP contribution < -0.4 is 10.6 Å². The van der Waals surface area contributed by atoms with Gasteiger partial charge in [-0.3, -0.25) is 14.4 Å². The van der Waals surface area contributed by atoms with E-state index in [2.05, 4.69) is 10.6 Å². The molecule has 3 unspecified atom stereocenters. The molecule has 3 amide bonds. The Kier molecular flexibility index (Phi) is 9.89. The number of benzene rings is 3. The number of aryl methyl sites for hydroxylation is 2. The number of carbonyl (C=O) groups excluding carboxylic acids is 3. The van der Waals surface area contributed by atoms with Crippen molar-refractivity contribution >= 4 is 29.5 Å². The number of carbonyl (C=O) groups is 3. The zero-order chi connectivity index (χ0) is 29.6. The molecule has 1 heterocycles. The number of hydrogen-bond donors (Lipinski definition) is 3. The predicted octanol–water partition coefficient (Wildman–Crippen LogP) is 4.26. The molecule has 3 atom stereocenters. The van der Waals surface area contributed by atoms with E-state index in [0.29, 0.717) is 12.1 Å². The summed E-state index contributed by atoms with van der Waals surface area (Å²) in [6.45, 7) is 8.23. The number of aliphatic hydroxyl groups is 1. The van der Waals surface area contributed by atoms with Gasteiger partial charge in [-0.25, -0.2) is 0 Å². The van der Waals surface area contributed by atoms with Crippen molar-refractivity contribution in [2.45, 2.75) is 70.0 Å². The Labute approximate surface area is 246 Å². The third-order valence-electron chi connectivity index (χ3n) is 7.67. The summed E-state index contributed by atoms with van der Waals surface area (Å²) in [5.74, 6) is -0.968. The molecule has 0 spiro atoms. The molecular formula is C33H39N3O4S. The van der Waals surface area contributed by atoms with E-state index >= 15 is 0 Å². The van der Waals surface area contributed by atoms with Crippen molar-refractivity contribution in [2.24, 2.45) is 0 Å². The Morgan fingerprint density at radius 3 is 2.29 bits per heavy atom. The number of rotatable bonds is 10. The van der Waals surface area contributed by atoms with E-state index in [0.717, 1.165) is 28.7 Å². The van der Waals surface area contributed by atoms with Crippen LogP contribution in [0.1, 0.15) is 53.4 Å². The number of nitrogens with zero attached hydrogens (tertiary/aromatic N) is 1. The summed E-state index contributed by atoms with van der Waals surface area (Å²) in [6, 6.07) is 22.8. The number of thioether (sulfide) groups is 1. The Morgan fingerprint density at radius 2 is 1.63 bits per heavy atom. The van der Waals surface area contributed by atoms with Gasteiger partial charge in [-0.15, -0.1) is 11.8 Å². The number of hydrogen-bond acceptors (Lipinski definition) is 5. The van der Waals surface area contributed by atoms with Crippen molar-refractivity contribution in [1.82, 2.24) is 15.5 Å². The average Bonchev–Trinajstić information content (AvgIpc) is 3.30. The smallest absolute Gasteiger partial charge is 0.254 e. The molecule has 7 nitrogen and oxygen atoms in total. The minimum Gasteiger partial charge on any atom is -0.381 e. The first-order valence-electron chi connectivity index (χ1n) is 14.0. The van der Waals surface area contributed by atoms with Gasteiger partial charge in [0.15, 0.2) is 6.10 Å². The molecule has 0 saturated carbocycles. The van der Waals surface area contributed by atoms with Crippen LogP contribution in [0.4, 0.5) is 0 Å². The first-order valence-corrected chi connectivity index (χ1v) is 15.0. The molecule has 3 N–H and O–H groups in total. The lowest BCUT2D eigenvalue weighted by Gasteiger charge is -2.33. The molecular weight excluding hydrogens is 534 g/mol. The van der Waals surface area contributed by atoms with E-state index in [1.807, 2.05) is 94.4 Å². The molecule has 1 saturated heterocycles. The van der Waals surface area contributed by atoms with Gasteiger partial charge in [-0.1, -0.05) is 73.7 Å². The van der Waals surface area contributed by atoms with Crippen molar-refractivity contribution in [1.29, 1.82) is 0 Å². The molecule has 1 aliphatic rings. The lowest BCUT2D eigenvalue weighted by atomic mass is 9.96. The molecule has 0 bridgehead atoms. The molecule has 0 aliphatic carbocycles. The Balaban J connectivity index is 1.53. The first-order chi connectivity index (χ1) is 19.6. The molecule has 0 aromatic heterocycles. The highest BCUT2D eigenvalue weighted by atomic mass is 32.2. The van der Waals surface area contributed by atoms with E-state index in [1.165, 1.54) is 16.7 Å². The molecule has 4 rings (SSSR count). The van der Waals surface area contributed by atoms with Gasteiger partial charge in [0.1, 0.15) is 6.04 Å². The van der Waals surface area contributed by atoms with Crippen molar-refractivity contribution in [3.05, 3.63) is 107 Å². The molecule has 3 aromatic carbocycles. The topological polar surface area (TPSA) is 98.7 Å². The third kappa shape index (κ3) is 7.37. The van der Waals surface area contributed by atoms with Crippen LogP contribution in [0.2, 0.25) is 0 Å². The van der Waals surface area contributed by atoms with E-state index in [1.54, 1.807) is 12.1 Å². The lowest BCUT2D eigenvalue weighted by molar-refractivity contribution is -0.147. The van der Waals surface area contributed by atoms with Gasteiger partial charge in [0.2, 0.25) is 5.91 Å². The second-order valence-corrected chi connectivity index (χ2v) is 12.6. The van der Waals surface area contributed by atoms with E-state index in [4.69, 9.17) is 0 Å². The maximum atomic E-state index is 13.8. The fourth-order valence-corrected chi connectivity index (χ4v) is 6.24. The molecule has 216 valence electrons. The van der Waals surface area contributed by atoms with Crippen LogP contribution >= 0.6 is 11.8 Å². The summed E-state index contributed by atoms with van der Waals surface area (Å²) in [4.78, 5) is 42.0. The van der Waals surface area contributed by atoms with Crippen LogP contribution in [0.25, 0.3) is 0 Å². The Hall–Kier alpha value is -3.62. The summed E-state index contributed by atoms with van der Waals surface area (Å²) in [6.07, 6.45) is -0.438. The van der Waals surface area contributed by atoms with Crippen LogP contribution in [0.5, 0.6) is 0 Å². The number of amides is 3. The lowest BCUT2D eigenvalue weighted by Crippen LogP contribution is -2.58. The maximum Gasteiger partial charge on any atom is 0.254 e. The third-order valence-corrected chi connectivity index (χ3v) is 9.04. The first kappa shape index (κ1) is 30.3. The quantitative estimate of drug-likeness (QED) is 0.337. The number of nitrogens with one attached hydrogen (secondary N) is 2. The number of aliphatic hydroxyl groups excluding tert-OH is 1. The molecule has 1 aliphatic heterocycles. The highest BCUT2D eigenvalue weighted by Gasteiger charge is 2.49. The van der Waals surface area contributed by atoms with Gasteiger partial charge in [-0.05, 0) is 68.0 Å². The van der Waals surface area contributed by atoms with E-state index in [-0.39, 0.29) is 24.1 Å². The predicted molar refractivity (Wildman–Crippen MR) is 163 cm³/mol. The standard InChI is InChI=1S/C33H39N3O4S/c1-5-23-15-17-25(18-16-23)30(38)35-27(19-24-12-7-6-8-13-24)28(37)32(40)36-21-41-33(3,4)29(36)31(39)34-20-26-14-10-9-11-22(26)2/h6-18,27-29,37H,5,19-21H2,1-4H3,(H,34,39)(H,35,38). The highest BCUT2D eigenvalue weighted by molar-refractivity contribution is 8.00. The molecule has 8 heteroatoms. The highest BCUT2D eigenvalue weighted by Crippen LogP contribution is 2.40.